The van der Waals surface area contributed by atoms with Gasteiger partial charge in [-0.1, -0.05) is 0 Å². The molecule has 13 heavy (non-hydrogen) atoms. The highest BCUT2D eigenvalue weighted by molar-refractivity contribution is 7.45. The Labute approximate surface area is 72.4 Å². The van der Waals surface area contributed by atoms with Crippen molar-refractivity contribution in [2.75, 3.05) is 0 Å². The minimum Gasteiger partial charge on any atom is -0.382 e. The Bertz CT molecular complexity index is 144. The van der Waals surface area contributed by atoms with Crippen LogP contribution in [0.2, 0.25) is 0 Å². The van der Waals surface area contributed by atoms with Gasteiger partial charge in [0, 0.05) is 0 Å². The highest BCUT2D eigenvalue weighted by Crippen LogP contribution is 2.25. The number of hydrogen-bond donors (Lipinski definition) is 8. The van der Waals surface area contributed by atoms with Crippen molar-refractivity contribution in [1.82, 2.24) is 0 Å². The molecule has 0 unspecified atom stereocenters. The number of hydrogen-bond acceptors (Lipinski definition) is 6. The summed E-state index contributed by atoms with van der Waals surface area (Å²) in [6, 6.07) is 0. The summed E-state index contributed by atoms with van der Waals surface area (Å²) in [5.74, 6) is 0. The summed E-state index contributed by atoms with van der Waals surface area (Å²) >= 11 is 0. The molecule has 0 bridgehead atoms. The van der Waals surface area contributed by atoms with E-state index in [4.69, 9.17) is 44.8 Å². The van der Waals surface area contributed by atoms with Gasteiger partial charge in [-0.15, -0.1) is 0 Å². The zero-order valence-corrected chi connectivity index (χ0v) is 7.06. The average Bonchev–Trinajstić information content (AvgIpc) is 1.81. The maximum atomic E-state index is 8.88. The summed E-state index contributed by atoms with van der Waals surface area (Å²) in [4.78, 5) is 21.6. The van der Waals surface area contributed by atoms with E-state index in [1.54, 1.807) is 0 Å². The average molecular weight is 222 g/mol. The van der Waals surface area contributed by atoms with Crippen molar-refractivity contribution in [2.24, 2.45) is 0 Å². The van der Waals surface area contributed by atoms with Gasteiger partial charge in [0.1, 0.15) is 0 Å². The van der Waals surface area contributed by atoms with E-state index in [2.05, 4.69) is 0 Å². The van der Waals surface area contributed by atoms with Crippen molar-refractivity contribution < 1.29 is 44.8 Å². The molecule has 0 fully saturated rings. The van der Waals surface area contributed by atoms with E-state index in [-0.39, 0.29) is 0 Å². The summed E-state index contributed by atoms with van der Waals surface area (Å²) < 4.78 is 8.88. The summed E-state index contributed by atoms with van der Waals surface area (Å²) in [6.07, 6.45) is -6.11. The van der Waals surface area contributed by atoms with Crippen LogP contribution < -0.4 is 0 Å². The van der Waals surface area contributed by atoms with Gasteiger partial charge in [-0.05, 0) is 0 Å². The molecule has 0 saturated carbocycles. The van der Waals surface area contributed by atoms with Crippen molar-refractivity contribution in [3.8, 4) is 0 Å². The molecule has 0 aromatic carbocycles. The van der Waals surface area contributed by atoms with E-state index in [1.165, 1.54) is 0 Å². The van der Waals surface area contributed by atoms with E-state index in [9.17, 15) is 0 Å². The first-order valence-electron chi connectivity index (χ1n) is 2.74. The highest BCUT2D eigenvalue weighted by Gasteiger charge is 2.19. The van der Waals surface area contributed by atoms with Gasteiger partial charge in [-0.2, -0.15) is 0 Å². The van der Waals surface area contributed by atoms with Crippen LogP contribution in [0.15, 0.2) is 0 Å². The molecule has 0 aliphatic carbocycles. The predicted molar refractivity (Wildman–Crippen MR) is 36.7 cm³/mol. The minimum absolute atomic E-state index is 1.91. The minimum atomic E-state index is -4.64. The molecular formula is C3H11O9P. The van der Waals surface area contributed by atoms with Gasteiger partial charge in [-0.3, -0.25) is 0 Å². The van der Waals surface area contributed by atoms with E-state index in [0.717, 1.165) is 0 Å². The molecule has 0 aromatic heterocycles. The molecule has 9 nitrogen and oxygen atoms in total. The van der Waals surface area contributed by atoms with Crippen molar-refractivity contribution in [2.45, 2.75) is 18.7 Å². The molecule has 0 rings (SSSR count). The highest BCUT2D eigenvalue weighted by atomic mass is 31.2. The first kappa shape index (κ1) is 15.4. The number of phosphoric acid groups is 1. The molecule has 82 valence electrons. The second kappa shape index (κ2) is 6.38. The van der Waals surface area contributed by atoms with Gasteiger partial charge in [0.15, 0.2) is 18.7 Å². The summed E-state index contributed by atoms with van der Waals surface area (Å²) in [7, 11) is -4.64. The molecule has 0 amide bonds. The van der Waals surface area contributed by atoms with Crippen molar-refractivity contribution in [3.63, 3.8) is 0 Å². The van der Waals surface area contributed by atoms with Crippen LogP contribution in [0.25, 0.3) is 0 Å². The molecule has 0 aliphatic heterocycles. The molecule has 0 aromatic rings. The zero-order valence-electron chi connectivity index (χ0n) is 6.17. The fourth-order valence-electron chi connectivity index (χ4n) is 0.154. The van der Waals surface area contributed by atoms with E-state index in [1.807, 2.05) is 0 Å². The molecule has 10 heteroatoms. The molecule has 0 heterocycles. The van der Waals surface area contributed by atoms with Gasteiger partial charge in [0.05, 0.1) is 0 Å². The lowest BCUT2D eigenvalue weighted by Gasteiger charge is -2.12. The Morgan fingerprint density at radius 2 is 0.923 bits per heavy atom. The maximum Gasteiger partial charge on any atom is 0.466 e. The largest absolute Gasteiger partial charge is 0.466 e. The summed E-state index contributed by atoms with van der Waals surface area (Å²) in [5, 5.41) is 40.1. The third-order valence-corrected chi connectivity index (χ3v) is 0.611. The van der Waals surface area contributed by atoms with Crippen LogP contribution in [0.4, 0.5) is 0 Å². The Kier molecular flexibility index (Phi) is 7.55. The molecule has 0 atom stereocenters. The Morgan fingerprint density at radius 3 is 0.923 bits per heavy atom. The number of rotatable bonds is 2. The van der Waals surface area contributed by atoms with Gasteiger partial charge >= 0.3 is 7.82 Å². The van der Waals surface area contributed by atoms with Crippen LogP contribution in [0.1, 0.15) is 0 Å². The van der Waals surface area contributed by atoms with E-state index >= 15 is 0 Å². The zero-order chi connectivity index (χ0) is 11.2. The molecule has 0 spiro atoms. The second-order valence-corrected chi connectivity index (χ2v) is 2.86. The molecular weight excluding hydrogens is 211 g/mol. The van der Waals surface area contributed by atoms with Gasteiger partial charge in [0.2, 0.25) is 0 Å². The summed E-state index contributed by atoms with van der Waals surface area (Å²) in [5.41, 5.74) is 0. The van der Waals surface area contributed by atoms with Gasteiger partial charge in [0.25, 0.3) is 0 Å². The van der Waals surface area contributed by atoms with Crippen LogP contribution in [0.5, 0.6) is 0 Å². The van der Waals surface area contributed by atoms with Gasteiger partial charge < -0.3 is 40.2 Å². The lowest BCUT2D eigenvalue weighted by molar-refractivity contribution is -0.211. The summed E-state index contributed by atoms with van der Waals surface area (Å²) in [6.45, 7) is 0. The normalized spacial score (nSPS) is 11.9. The lowest BCUT2D eigenvalue weighted by atomic mass is 10.3. The van der Waals surface area contributed by atoms with Crippen LogP contribution >= 0.6 is 7.82 Å². The maximum absolute atomic E-state index is 8.88. The molecule has 8 N–H and O–H groups in total. The Hall–Kier alpha value is -0.0900. The van der Waals surface area contributed by atoms with Crippen molar-refractivity contribution in [3.05, 3.63) is 0 Å². The van der Waals surface area contributed by atoms with Crippen molar-refractivity contribution in [1.29, 1.82) is 0 Å². The molecule has 0 aliphatic rings. The second-order valence-electron chi connectivity index (χ2n) is 1.83. The number of aliphatic hydroxyl groups is 5. The molecule has 0 saturated heterocycles. The fraction of sp³-hybridized carbons (Fsp3) is 1.00. The van der Waals surface area contributed by atoms with Crippen LogP contribution in [0, 0.1) is 0 Å². The quantitative estimate of drug-likeness (QED) is 0.171. The monoisotopic (exact) mass is 222 g/mol. The smallest absolute Gasteiger partial charge is 0.382 e. The lowest BCUT2D eigenvalue weighted by Crippen LogP contribution is -2.36. The fourth-order valence-corrected chi connectivity index (χ4v) is 0.154. The van der Waals surface area contributed by atoms with Crippen LogP contribution in [0.3, 0.4) is 0 Å². The van der Waals surface area contributed by atoms with Crippen molar-refractivity contribution >= 4 is 7.82 Å². The molecule has 0 radical (unpaired) electrons. The van der Waals surface area contributed by atoms with Gasteiger partial charge in [-0.25, -0.2) is 4.57 Å². The van der Waals surface area contributed by atoms with Crippen LogP contribution in [-0.2, 0) is 4.57 Å². The Balaban J connectivity index is 0. The SMILES string of the molecule is O=P(O)(O)O.OC(O)C(O)C(O)O. The Morgan fingerprint density at radius 1 is 0.769 bits per heavy atom. The third kappa shape index (κ3) is 18.7. The first-order valence-corrected chi connectivity index (χ1v) is 4.31. The standard InChI is InChI=1S/C3H8O5.H3O4P/c4-1(2(5)6)3(7)8;1-5(2,3)4/h1-8H;(H3,1,2,3,4). The van der Waals surface area contributed by atoms with E-state index in [0.29, 0.717) is 0 Å². The first-order chi connectivity index (χ1) is 5.55. The van der Waals surface area contributed by atoms with E-state index < -0.39 is 26.5 Å². The third-order valence-electron chi connectivity index (χ3n) is 0.611. The predicted octanol–water partition coefficient (Wildman–Crippen LogP) is -3.96. The topological polar surface area (TPSA) is 179 Å². The number of aliphatic hydroxyl groups excluding tert-OH is 3. The van der Waals surface area contributed by atoms with Crippen LogP contribution in [-0.4, -0.2) is 58.9 Å².